The fourth-order valence-electron chi connectivity index (χ4n) is 7.19. The Balaban J connectivity index is 1.25. The first kappa shape index (κ1) is 22.1. The molecule has 3 aliphatic carbocycles. The molecular weight excluding hydrogens is 422 g/mol. The van der Waals surface area contributed by atoms with Gasteiger partial charge in [-0.15, -0.1) is 0 Å². The predicted molar refractivity (Wildman–Crippen MR) is 136 cm³/mol. The molecule has 3 aromatic heterocycles. The van der Waals surface area contributed by atoms with E-state index in [0.717, 1.165) is 49.3 Å². The summed E-state index contributed by atoms with van der Waals surface area (Å²) in [4.78, 5) is 9.86. The van der Waals surface area contributed by atoms with Crippen LogP contribution in [0.25, 0.3) is 11.0 Å². The summed E-state index contributed by atoms with van der Waals surface area (Å²) in [6.45, 7) is 10.8. The van der Waals surface area contributed by atoms with Crippen molar-refractivity contribution < 1.29 is 0 Å². The minimum absolute atomic E-state index is 0.448. The third-order valence-electron chi connectivity index (χ3n) is 9.62. The molecule has 7 rings (SSSR count). The van der Waals surface area contributed by atoms with Gasteiger partial charge in [0.25, 0.3) is 0 Å². The maximum atomic E-state index is 5.13. The van der Waals surface area contributed by atoms with E-state index in [1.54, 1.807) is 0 Å². The smallest absolute Gasteiger partial charge is 0.159 e. The molecule has 3 fully saturated rings. The van der Waals surface area contributed by atoms with Gasteiger partial charge in [0.1, 0.15) is 0 Å². The Morgan fingerprint density at radius 2 is 1.82 bits per heavy atom. The molecule has 0 amide bonds. The minimum Gasteiger partial charge on any atom is -0.366 e. The highest BCUT2D eigenvalue weighted by molar-refractivity contribution is 5.89. The molecular formula is C27H39N7. The molecule has 0 spiro atoms. The SMILES string of the molecule is CCN(C)C12CCC(Cn3nc(C)c4c3CCN(c3cc(C)nc5c3cnn5C)C4)(CC1)CC2. The van der Waals surface area contributed by atoms with Crippen molar-refractivity contribution >= 4 is 16.7 Å². The van der Waals surface area contributed by atoms with Crippen LogP contribution in [0.4, 0.5) is 5.69 Å². The third kappa shape index (κ3) is 3.30. The summed E-state index contributed by atoms with van der Waals surface area (Å²) in [7, 11) is 4.31. The lowest BCUT2D eigenvalue weighted by molar-refractivity contribution is -0.0502. The van der Waals surface area contributed by atoms with Crippen LogP contribution in [0.3, 0.4) is 0 Å². The quantitative estimate of drug-likeness (QED) is 0.564. The van der Waals surface area contributed by atoms with Crippen molar-refractivity contribution in [3.8, 4) is 0 Å². The number of anilines is 1. The van der Waals surface area contributed by atoms with Crippen LogP contribution in [0.15, 0.2) is 12.3 Å². The number of rotatable bonds is 5. The van der Waals surface area contributed by atoms with Crippen molar-refractivity contribution in [3.63, 3.8) is 0 Å². The molecule has 3 saturated carbocycles. The molecule has 0 N–H and O–H groups in total. The minimum atomic E-state index is 0.448. The molecule has 0 aromatic carbocycles. The van der Waals surface area contributed by atoms with Gasteiger partial charge in [-0.3, -0.25) is 9.36 Å². The molecule has 0 saturated heterocycles. The average molecular weight is 462 g/mol. The zero-order chi connectivity index (χ0) is 23.7. The summed E-state index contributed by atoms with van der Waals surface area (Å²) in [5, 5.41) is 10.7. The second kappa shape index (κ2) is 7.80. The highest BCUT2D eigenvalue weighted by Gasteiger charge is 2.50. The van der Waals surface area contributed by atoms with E-state index < -0.39 is 0 Å². The Bertz CT molecular complexity index is 1210. The number of hydrogen-bond donors (Lipinski definition) is 0. The van der Waals surface area contributed by atoms with Crippen molar-refractivity contribution in [1.29, 1.82) is 0 Å². The summed E-state index contributed by atoms with van der Waals surface area (Å²) >= 11 is 0. The molecule has 182 valence electrons. The Labute approximate surface area is 203 Å². The average Bonchev–Trinajstić information content (AvgIpc) is 3.38. The van der Waals surface area contributed by atoms with Crippen molar-refractivity contribution in [1.82, 2.24) is 29.4 Å². The van der Waals surface area contributed by atoms with Crippen molar-refractivity contribution in [3.05, 3.63) is 34.9 Å². The Hall–Kier alpha value is -2.41. The Morgan fingerprint density at radius 3 is 2.53 bits per heavy atom. The van der Waals surface area contributed by atoms with E-state index in [1.165, 1.54) is 61.2 Å². The summed E-state index contributed by atoms with van der Waals surface area (Å²) in [6.07, 6.45) is 11.1. The number of fused-ring (bicyclic) bond motifs is 5. The van der Waals surface area contributed by atoms with E-state index in [4.69, 9.17) is 10.1 Å². The van der Waals surface area contributed by atoms with Crippen molar-refractivity contribution in [2.75, 3.05) is 25.0 Å². The maximum Gasteiger partial charge on any atom is 0.159 e. The van der Waals surface area contributed by atoms with Gasteiger partial charge >= 0.3 is 0 Å². The highest BCUT2D eigenvalue weighted by atomic mass is 15.3. The molecule has 2 bridgehead atoms. The second-order valence-corrected chi connectivity index (χ2v) is 11.4. The molecule has 0 radical (unpaired) electrons. The molecule has 0 atom stereocenters. The Kier molecular flexibility index (Phi) is 5.07. The largest absolute Gasteiger partial charge is 0.366 e. The molecule has 1 aliphatic heterocycles. The van der Waals surface area contributed by atoms with E-state index in [1.807, 2.05) is 17.9 Å². The second-order valence-electron chi connectivity index (χ2n) is 11.4. The van der Waals surface area contributed by atoms with E-state index >= 15 is 0 Å². The van der Waals surface area contributed by atoms with Gasteiger partial charge in [-0.25, -0.2) is 4.98 Å². The van der Waals surface area contributed by atoms with Gasteiger partial charge in [-0.1, -0.05) is 6.92 Å². The standard InChI is InChI=1S/C27H39N7/c1-6-31(4)27-11-8-26(9-12-27,10-13-27)18-34-23-7-14-33(17-22(23)20(3)30-34)24-15-19(2)29-25-21(24)16-28-32(25)5/h15-16H,6-14,17-18H2,1-5H3. The van der Waals surface area contributed by atoms with E-state index in [9.17, 15) is 0 Å². The fraction of sp³-hybridized carbons (Fsp3) is 0.667. The van der Waals surface area contributed by atoms with Crippen molar-refractivity contribution in [2.45, 2.75) is 84.3 Å². The molecule has 34 heavy (non-hydrogen) atoms. The van der Waals surface area contributed by atoms with Gasteiger partial charge in [0.2, 0.25) is 0 Å². The third-order valence-corrected chi connectivity index (χ3v) is 9.62. The number of aryl methyl sites for hydroxylation is 3. The zero-order valence-electron chi connectivity index (χ0n) is 21.6. The van der Waals surface area contributed by atoms with E-state index in [0.29, 0.717) is 11.0 Å². The van der Waals surface area contributed by atoms with Crippen LogP contribution in [-0.4, -0.2) is 55.1 Å². The van der Waals surface area contributed by atoms with Gasteiger partial charge in [0, 0.05) is 55.6 Å². The van der Waals surface area contributed by atoms with Crippen molar-refractivity contribution in [2.24, 2.45) is 12.5 Å². The highest BCUT2D eigenvalue weighted by Crippen LogP contribution is 2.55. The van der Waals surface area contributed by atoms with Gasteiger partial charge in [-0.2, -0.15) is 10.2 Å². The van der Waals surface area contributed by atoms with Crippen LogP contribution >= 0.6 is 0 Å². The van der Waals surface area contributed by atoms with Crippen LogP contribution in [-0.2, 0) is 26.6 Å². The normalized spacial score (nSPS) is 26.6. The number of pyridine rings is 1. The molecule has 7 nitrogen and oxygen atoms in total. The van der Waals surface area contributed by atoms with Gasteiger partial charge < -0.3 is 9.80 Å². The zero-order valence-corrected chi connectivity index (χ0v) is 21.6. The van der Waals surface area contributed by atoms with Crippen LogP contribution in [0, 0.1) is 19.3 Å². The van der Waals surface area contributed by atoms with Gasteiger partial charge in [-0.05, 0) is 77.4 Å². The number of aromatic nitrogens is 5. The van der Waals surface area contributed by atoms with Crippen LogP contribution in [0.2, 0.25) is 0 Å². The molecule has 7 heteroatoms. The summed E-state index contributed by atoms with van der Waals surface area (Å²) < 4.78 is 4.30. The number of nitrogens with zero attached hydrogens (tertiary/aromatic N) is 7. The predicted octanol–water partition coefficient (Wildman–Crippen LogP) is 4.39. The lowest BCUT2D eigenvalue weighted by Gasteiger charge is -2.57. The molecule has 3 aromatic rings. The van der Waals surface area contributed by atoms with E-state index in [-0.39, 0.29) is 0 Å². The first-order chi connectivity index (χ1) is 16.3. The fourth-order valence-corrected chi connectivity index (χ4v) is 7.19. The lowest BCUT2D eigenvalue weighted by atomic mass is 9.56. The van der Waals surface area contributed by atoms with Crippen LogP contribution in [0.1, 0.15) is 68.1 Å². The van der Waals surface area contributed by atoms with Crippen LogP contribution in [0.5, 0.6) is 0 Å². The van der Waals surface area contributed by atoms with Gasteiger partial charge in [0.05, 0.1) is 23.0 Å². The number of hydrogen-bond acceptors (Lipinski definition) is 5. The van der Waals surface area contributed by atoms with E-state index in [2.05, 4.69) is 53.5 Å². The summed E-state index contributed by atoms with van der Waals surface area (Å²) in [6, 6.07) is 2.22. The molecule has 0 unspecified atom stereocenters. The topological polar surface area (TPSA) is 55.0 Å². The molecule has 4 aliphatic rings. The Morgan fingerprint density at radius 1 is 1.09 bits per heavy atom. The lowest BCUT2D eigenvalue weighted by Crippen LogP contribution is -2.56. The molecule has 4 heterocycles. The summed E-state index contributed by atoms with van der Waals surface area (Å²) in [5.41, 5.74) is 8.29. The first-order valence-corrected chi connectivity index (χ1v) is 13.1. The van der Waals surface area contributed by atoms with Crippen LogP contribution < -0.4 is 4.90 Å². The monoisotopic (exact) mass is 461 g/mol. The first-order valence-electron chi connectivity index (χ1n) is 13.1. The maximum absolute atomic E-state index is 5.13. The summed E-state index contributed by atoms with van der Waals surface area (Å²) in [5.74, 6) is 0. The van der Waals surface area contributed by atoms with Gasteiger partial charge in [0.15, 0.2) is 5.65 Å².